The lowest BCUT2D eigenvalue weighted by atomic mass is 9.97. The van der Waals surface area contributed by atoms with Gasteiger partial charge in [0.25, 0.3) is 0 Å². The van der Waals surface area contributed by atoms with Crippen LogP contribution in [-0.4, -0.2) is 12.1 Å². The second-order valence-corrected chi connectivity index (χ2v) is 6.04. The minimum Gasteiger partial charge on any atom is -0.496 e. The quantitative estimate of drug-likeness (QED) is 0.494. The van der Waals surface area contributed by atoms with Gasteiger partial charge in [0, 0.05) is 17.4 Å². The van der Waals surface area contributed by atoms with E-state index in [1.165, 1.54) is 11.1 Å². The van der Waals surface area contributed by atoms with E-state index in [0.29, 0.717) is 0 Å². The highest BCUT2D eigenvalue weighted by Crippen LogP contribution is 2.32. The highest BCUT2D eigenvalue weighted by atomic mass is 16.5. The summed E-state index contributed by atoms with van der Waals surface area (Å²) in [5.41, 5.74) is 5.63. The van der Waals surface area contributed by atoms with Crippen molar-refractivity contribution in [2.24, 2.45) is 0 Å². The minimum absolute atomic E-state index is 0.804. The van der Waals surface area contributed by atoms with Crippen LogP contribution in [0.25, 0.3) is 22.0 Å². The smallest absolute Gasteiger partial charge is 0.128 e. The Labute approximate surface area is 147 Å². The summed E-state index contributed by atoms with van der Waals surface area (Å²) in [4.78, 5) is 4.98. The predicted molar refractivity (Wildman–Crippen MR) is 103 cm³/mol. The van der Waals surface area contributed by atoms with Crippen LogP contribution >= 0.6 is 0 Å². The van der Waals surface area contributed by atoms with Gasteiger partial charge in [-0.3, -0.25) is 4.98 Å². The van der Waals surface area contributed by atoms with Gasteiger partial charge in [-0.1, -0.05) is 66.7 Å². The number of hydrogen-bond donors (Lipinski definition) is 0. The molecule has 2 nitrogen and oxygen atoms in total. The molecule has 0 amide bonds. The average Bonchev–Trinajstić information content (AvgIpc) is 2.68. The molecule has 122 valence electrons. The second kappa shape index (κ2) is 6.78. The van der Waals surface area contributed by atoms with Gasteiger partial charge in [-0.15, -0.1) is 0 Å². The molecule has 4 aromatic rings. The topological polar surface area (TPSA) is 22.1 Å². The lowest BCUT2D eigenvalue weighted by molar-refractivity contribution is 0.420. The van der Waals surface area contributed by atoms with Crippen LogP contribution in [0.3, 0.4) is 0 Å². The van der Waals surface area contributed by atoms with Gasteiger partial charge >= 0.3 is 0 Å². The molecule has 0 bridgehead atoms. The molecule has 0 saturated carbocycles. The summed E-state index contributed by atoms with van der Waals surface area (Å²) < 4.78 is 5.54. The molecule has 0 aliphatic heterocycles. The second-order valence-electron chi connectivity index (χ2n) is 6.04. The van der Waals surface area contributed by atoms with Gasteiger partial charge in [-0.25, -0.2) is 0 Å². The van der Waals surface area contributed by atoms with E-state index in [4.69, 9.17) is 9.72 Å². The van der Waals surface area contributed by atoms with Crippen molar-refractivity contribution in [1.29, 1.82) is 0 Å². The van der Waals surface area contributed by atoms with Gasteiger partial charge in [-0.05, 0) is 29.3 Å². The summed E-state index contributed by atoms with van der Waals surface area (Å²) in [6.07, 6.45) is 0.804. The molecule has 0 saturated heterocycles. The molecule has 1 aromatic heterocycles. The normalized spacial score (nSPS) is 10.8. The third-order valence-corrected chi connectivity index (χ3v) is 4.42. The van der Waals surface area contributed by atoms with E-state index in [-0.39, 0.29) is 0 Å². The summed E-state index contributed by atoms with van der Waals surface area (Å²) in [5.74, 6) is 0.855. The third kappa shape index (κ3) is 3.11. The molecule has 0 unspecified atom stereocenters. The van der Waals surface area contributed by atoms with E-state index in [0.717, 1.165) is 34.3 Å². The number of hydrogen-bond acceptors (Lipinski definition) is 2. The van der Waals surface area contributed by atoms with E-state index in [1.54, 1.807) is 7.11 Å². The van der Waals surface area contributed by atoms with Crippen molar-refractivity contribution in [3.63, 3.8) is 0 Å². The largest absolute Gasteiger partial charge is 0.496 e. The van der Waals surface area contributed by atoms with Crippen LogP contribution in [0.1, 0.15) is 11.3 Å². The Morgan fingerprint density at radius 1 is 0.800 bits per heavy atom. The Balaban J connectivity index is 1.93. The Bertz CT molecular complexity index is 994. The Kier molecular flexibility index (Phi) is 4.17. The van der Waals surface area contributed by atoms with Crippen LogP contribution in [0.15, 0.2) is 84.9 Å². The van der Waals surface area contributed by atoms with Crippen molar-refractivity contribution < 1.29 is 4.74 Å². The maximum absolute atomic E-state index is 5.54. The molecule has 0 spiro atoms. The molecule has 25 heavy (non-hydrogen) atoms. The summed E-state index contributed by atoms with van der Waals surface area (Å²) in [6.45, 7) is 0. The van der Waals surface area contributed by atoms with Gasteiger partial charge in [0.1, 0.15) is 5.75 Å². The highest BCUT2D eigenvalue weighted by Gasteiger charge is 2.12. The van der Waals surface area contributed by atoms with Gasteiger partial charge in [0.15, 0.2) is 0 Å². The van der Waals surface area contributed by atoms with E-state index < -0.39 is 0 Å². The van der Waals surface area contributed by atoms with Crippen molar-refractivity contribution in [2.45, 2.75) is 6.42 Å². The Morgan fingerprint density at radius 2 is 1.52 bits per heavy atom. The summed E-state index contributed by atoms with van der Waals surface area (Å²) in [6, 6.07) is 29.1. The van der Waals surface area contributed by atoms with E-state index in [2.05, 4.69) is 54.6 Å². The molecule has 0 N–H and O–H groups in total. The molecule has 4 rings (SSSR count). The number of benzene rings is 3. The molecule has 0 aliphatic carbocycles. The lowest BCUT2D eigenvalue weighted by Gasteiger charge is -2.13. The first-order valence-corrected chi connectivity index (χ1v) is 8.41. The lowest BCUT2D eigenvalue weighted by Crippen LogP contribution is -1.98. The zero-order valence-electron chi connectivity index (χ0n) is 14.1. The van der Waals surface area contributed by atoms with Crippen molar-refractivity contribution in [3.8, 4) is 16.9 Å². The van der Waals surface area contributed by atoms with Crippen LogP contribution in [0, 0.1) is 0 Å². The van der Waals surface area contributed by atoms with Crippen LogP contribution in [0.2, 0.25) is 0 Å². The minimum atomic E-state index is 0.804. The molecule has 0 atom stereocenters. The first-order valence-electron chi connectivity index (χ1n) is 8.41. The zero-order chi connectivity index (χ0) is 17.1. The molecule has 0 radical (unpaired) electrons. The van der Waals surface area contributed by atoms with Gasteiger partial charge in [0.2, 0.25) is 0 Å². The van der Waals surface area contributed by atoms with Gasteiger partial charge < -0.3 is 4.74 Å². The predicted octanol–water partition coefficient (Wildman–Crippen LogP) is 5.50. The fraction of sp³-hybridized carbons (Fsp3) is 0.0870. The number of ether oxygens (including phenoxy) is 1. The van der Waals surface area contributed by atoms with Crippen molar-refractivity contribution >= 4 is 10.9 Å². The van der Waals surface area contributed by atoms with Crippen LogP contribution in [-0.2, 0) is 6.42 Å². The maximum atomic E-state index is 5.54. The summed E-state index contributed by atoms with van der Waals surface area (Å²) in [7, 11) is 1.70. The average molecular weight is 325 g/mol. The van der Waals surface area contributed by atoms with Crippen LogP contribution in [0.4, 0.5) is 0 Å². The van der Waals surface area contributed by atoms with Crippen molar-refractivity contribution in [1.82, 2.24) is 4.98 Å². The molecule has 3 aromatic carbocycles. The number of nitrogens with zero attached hydrogens (tertiary/aromatic N) is 1. The van der Waals surface area contributed by atoms with Crippen LogP contribution in [0.5, 0.6) is 5.75 Å². The molecular weight excluding hydrogens is 306 g/mol. The summed E-state index contributed by atoms with van der Waals surface area (Å²) >= 11 is 0. The SMILES string of the molecule is COc1cccc2nc(Cc3ccccc3)c(-c3ccccc3)cc12. The standard InChI is InChI=1S/C23H19NO/c1-25-23-14-8-13-21-20(23)16-19(18-11-6-3-7-12-18)22(24-21)15-17-9-4-2-5-10-17/h2-14,16H,15H2,1H3. The molecule has 0 aliphatic rings. The maximum Gasteiger partial charge on any atom is 0.128 e. The summed E-state index contributed by atoms with van der Waals surface area (Å²) in [5, 5.41) is 1.04. The fourth-order valence-electron chi connectivity index (χ4n) is 3.18. The van der Waals surface area contributed by atoms with Crippen molar-refractivity contribution in [2.75, 3.05) is 7.11 Å². The Morgan fingerprint density at radius 3 is 2.24 bits per heavy atom. The number of aromatic nitrogens is 1. The van der Waals surface area contributed by atoms with E-state index >= 15 is 0 Å². The number of pyridine rings is 1. The third-order valence-electron chi connectivity index (χ3n) is 4.42. The Hall–Kier alpha value is -3.13. The van der Waals surface area contributed by atoms with Crippen molar-refractivity contribution in [3.05, 3.63) is 96.2 Å². The molecular formula is C23H19NO. The fourth-order valence-corrected chi connectivity index (χ4v) is 3.18. The first kappa shape index (κ1) is 15.4. The number of rotatable bonds is 4. The van der Waals surface area contributed by atoms with E-state index in [9.17, 15) is 0 Å². The molecule has 2 heteroatoms. The molecule has 1 heterocycles. The zero-order valence-corrected chi connectivity index (χ0v) is 14.1. The van der Waals surface area contributed by atoms with Gasteiger partial charge in [-0.2, -0.15) is 0 Å². The van der Waals surface area contributed by atoms with Gasteiger partial charge in [0.05, 0.1) is 18.3 Å². The molecule has 0 fully saturated rings. The van der Waals surface area contributed by atoms with E-state index in [1.807, 2.05) is 30.3 Å². The first-order chi connectivity index (χ1) is 12.3. The number of fused-ring (bicyclic) bond motifs is 1. The monoisotopic (exact) mass is 325 g/mol. The highest BCUT2D eigenvalue weighted by molar-refractivity contribution is 5.90. The number of methoxy groups -OCH3 is 1. The van der Waals surface area contributed by atoms with Crippen LogP contribution < -0.4 is 4.74 Å².